The van der Waals surface area contributed by atoms with Crippen molar-refractivity contribution >= 4 is 21.4 Å². The summed E-state index contributed by atoms with van der Waals surface area (Å²) in [6, 6.07) is 11.4. The van der Waals surface area contributed by atoms with Crippen LogP contribution in [0.25, 0.3) is 0 Å². The second-order valence-corrected chi connectivity index (χ2v) is 8.49. The number of hydrogen-bond donors (Lipinski definition) is 2. The third-order valence-electron chi connectivity index (χ3n) is 4.05. The summed E-state index contributed by atoms with van der Waals surface area (Å²) < 4.78 is 38.4. The summed E-state index contributed by atoms with van der Waals surface area (Å²) in [7, 11) is -2.30. The topological polar surface area (TPSA) is 88.8 Å². The van der Waals surface area contributed by atoms with Crippen LogP contribution in [0.4, 0.5) is 0 Å². The lowest BCUT2D eigenvalue weighted by Gasteiger charge is -2.25. The predicted octanol–water partition coefficient (Wildman–Crippen LogP) is 2.87. The third-order valence-corrected chi connectivity index (χ3v) is 6.47. The highest BCUT2D eigenvalue weighted by Crippen LogP contribution is 2.33. The van der Waals surface area contributed by atoms with Gasteiger partial charge in [0.25, 0.3) is 0 Å². The van der Waals surface area contributed by atoms with Gasteiger partial charge in [0.15, 0.2) is 5.60 Å². The number of thiophene rings is 1. The molecule has 8 heteroatoms. The molecule has 0 aliphatic heterocycles. The fourth-order valence-corrected chi connectivity index (χ4v) is 4.60. The highest BCUT2D eigenvalue weighted by molar-refractivity contribution is 7.89. The van der Waals surface area contributed by atoms with Gasteiger partial charge < -0.3 is 14.3 Å². The Morgan fingerprint density at radius 2 is 2.08 bits per heavy atom. The zero-order chi connectivity index (χ0) is 18.8. The maximum absolute atomic E-state index is 12.7. The molecule has 0 spiro atoms. The molecular weight excluding hydrogens is 374 g/mol. The van der Waals surface area contributed by atoms with Crippen LogP contribution >= 0.6 is 11.3 Å². The Hall–Kier alpha value is -2.13. The summed E-state index contributed by atoms with van der Waals surface area (Å²) in [6.45, 7) is 1.51. The normalized spacial score (nSPS) is 14.1. The van der Waals surface area contributed by atoms with E-state index < -0.39 is 15.6 Å². The smallest absolute Gasteiger partial charge is 0.240 e. The van der Waals surface area contributed by atoms with E-state index in [0.29, 0.717) is 16.2 Å². The zero-order valence-electron chi connectivity index (χ0n) is 14.3. The van der Waals surface area contributed by atoms with Crippen LogP contribution in [0.5, 0.6) is 5.75 Å². The lowest BCUT2D eigenvalue weighted by molar-refractivity contribution is 0.0655. The summed E-state index contributed by atoms with van der Waals surface area (Å²) in [5, 5.41) is 13.0. The molecule has 1 atom stereocenters. The number of sulfonamides is 1. The van der Waals surface area contributed by atoms with Crippen LogP contribution < -0.4 is 9.46 Å². The molecule has 0 aliphatic carbocycles. The summed E-state index contributed by atoms with van der Waals surface area (Å²) in [4.78, 5) is 0.685. The molecule has 138 valence electrons. The Bertz CT molecular complexity index is 929. The molecule has 3 aromatic rings. The minimum absolute atomic E-state index is 0.101. The first-order valence-electron chi connectivity index (χ1n) is 7.81. The van der Waals surface area contributed by atoms with E-state index in [1.54, 1.807) is 37.3 Å². The molecule has 6 nitrogen and oxygen atoms in total. The fraction of sp³-hybridized carbons (Fsp3) is 0.222. The Labute approximate surface area is 156 Å². The van der Waals surface area contributed by atoms with Crippen LogP contribution in [0.1, 0.15) is 16.2 Å². The van der Waals surface area contributed by atoms with Gasteiger partial charge in [-0.15, -0.1) is 11.3 Å². The molecule has 0 amide bonds. The lowest BCUT2D eigenvalue weighted by atomic mass is 9.99. The molecule has 0 saturated carbocycles. The number of benzene rings is 1. The molecule has 2 heterocycles. The number of aliphatic hydroxyl groups is 1. The quantitative estimate of drug-likeness (QED) is 0.644. The average Bonchev–Trinajstić information content (AvgIpc) is 3.33. The van der Waals surface area contributed by atoms with Crippen LogP contribution in [0.2, 0.25) is 0 Å². The molecule has 26 heavy (non-hydrogen) atoms. The van der Waals surface area contributed by atoms with Gasteiger partial charge in [0.2, 0.25) is 10.0 Å². The number of nitrogens with one attached hydrogen (secondary N) is 1. The maximum atomic E-state index is 12.7. The van der Waals surface area contributed by atoms with E-state index in [9.17, 15) is 13.5 Å². The van der Waals surface area contributed by atoms with Gasteiger partial charge in [-0.25, -0.2) is 13.1 Å². The molecular formula is C18H19NO5S2. The first kappa shape index (κ1) is 18.7. The Balaban J connectivity index is 1.88. The van der Waals surface area contributed by atoms with E-state index in [1.165, 1.54) is 36.8 Å². The van der Waals surface area contributed by atoms with E-state index in [1.807, 2.05) is 5.38 Å². The van der Waals surface area contributed by atoms with Gasteiger partial charge in [0.1, 0.15) is 11.5 Å². The predicted molar refractivity (Wildman–Crippen MR) is 98.9 cm³/mol. The molecule has 0 bridgehead atoms. The highest BCUT2D eigenvalue weighted by Gasteiger charge is 2.37. The monoisotopic (exact) mass is 393 g/mol. The van der Waals surface area contributed by atoms with Crippen LogP contribution in [-0.2, 0) is 15.6 Å². The van der Waals surface area contributed by atoms with Crippen LogP contribution in [0, 0.1) is 6.92 Å². The van der Waals surface area contributed by atoms with Gasteiger partial charge >= 0.3 is 0 Å². The van der Waals surface area contributed by atoms with Gasteiger partial charge in [-0.1, -0.05) is 6.07 Å². The molecule has 3 rings (SSSR count). The molecule has 0 saturated heterocycles. The molecule has 0 radical (unpaired) electrons. The minimum atomic E-state index is -3.83. The molecule has 2 N–H and O–H groups in total. The Morgan fingerprint density at radius 1 is 1.27 bits per heavy atom. The van der Waals surface area contributed by atoms with Gasteiger partial charge in [0.05, 0.1) is 24.8 Å². The fourth-order valence-electron chi connectivity index (χ4n) is 2.62. The lowest BCUT2D eigenvalue weighted by Crippen LogP contribution is -2.40. The zero-order valence-corrected chi connectivity index (χ0v) is 15.9. The van der Waals surface area contributed by atoms with Gasteiger partial charge in [-0.05, 0) is 54.3 Å². The second-order valence-electron chi connectivity index (χ2n) is 5.77. The van der Waals surface area contributed by atoms with Crippen molar-refractivity contribution in [3.8, 4) is 5.75 Å². The first-order chi connectivity index (χ1) is 12.4. The number of hydrogen-bond acceptors (Lipinski definition) is 6. The largest absolute Gasteiger partial charge is 0.496 e. The van der Waals surface area contributed by atoms with Crippen molar-refractivity contribution in [3.05, 3.63) is 70.3 Å². The Kier molecular flexibility index (Phi) is 5.19. The van der Waals surface area contributed by atoms with Crippen molar-refractivity contribution in [2.75, 3.05) is 13.7 Å². The standard InChI is InChI=1S/C18H19NO5S2/c1-13-11-14(7-8-15(13)23-2)26(21,22)19-12-18(20,16-5-3-9-24-16)17-6-4-10-25-17/h3-11,19-20H,12H2,1-2H3. The first-order valence-corrected chi connectivity index (χ1v) is 10.2. The van der Waals surface area contributed by atoms with Gasteiger partial charge in [0, 0.05) is 4.88 Å². The number of methoxy groups -OCH3 is 1. The highest BCUT2D eigenvalue weighted by atomic mass is 32.2. The van der Waals surface area contributed by atoms with Crippen molar-refractivity contribution in [1.29, 1.82) is 0 Å². The van der Waals surface area contributed by atoms with E-state index in [4.69, 9.17) is 9.15 Å². The average molecular weight is 393 g/mol. The second kappa shape index (κ2) is 7.24. The van der Waals surface area contributed by atoms with Crippen LogP contribution in [0.3, 0.4) is 0 Å². The molecule has 1 unspecified atom stereocenters. The Morgan fingerprint density at radius 3 is 2.65 bits per heavy atom. The van der Waals surface area contributed by atoms with E-state index in [2.05, 4.69) is 4.72 Å². The summed E-state index contributed by atoms with van der Waals surface area (Å²) >= 11 is 1.32. The number of aryl methyl sites for hydroxylation is 1. The maximum Gasteiger partial charge on any atom is 0.240 e. The van der Waals surface area contributed by atoms with Crippen molar-refractivity contribution in [2.24, 2.45) is 0 Å². The van der Waals surface area contributed by atoms with Crippen LogP contribution in [-0.4, -0.2) is 27.2 Å². The van der Waals surface area contributed by atoms with E-state index in [-0.39, 0.29) is 17.2 Å². The summed E-state index contributed by atoms with van der Waals surface area (Å²) in [5.41, 5.74) is -0.887. The number of ether oxygens (including phenoxy) is 1. The van der Waals surface area contributed by atoms with Crippen molar-refractivity contribution in [1.82, 2.24) is 4.72 Å². The van der Waals surface area contributed by atoms with E-state index >= 15 is 0 Å². The SMILES string of the molecule is COc1ccc(S(=O)(=O)NCC(O)(c2ccco2)c2cccs2)cc1C. The van der Waals surface area contributed by atoms with Crippen molar-refractivity contribution in [3.63, 3.8) is 0 Å². The summed E-state index contributed by atoms with van der Waals surface area (Å²) in [5.74, 6) is 0.878. The van der Waals surface area contributed by atoms with Gasteiger partial charge in [-0.2, -0.15) is 0 Å². The van der Waals surface area contributed by atoms with Crippen molar-refractivity contribution in [2.45, 2.75) is 17.4 Å². The van der Waals surface area contributed by atoms with E-state index in [0.717, 1.165) is 0 Å². The third kappa shape index (κ3) is 3.54. The summed E-state index contributed by atoms with van der Waals surface area (Å²) in [6.07, 6.45) is 1.44. The van der Waals surface area contributed by atoms with Crippen LogP contribution in [0.15, 0.2) is 63.4 Å². The van der Waals surface area contributed by atoms with Gasteiger partial charge in [-0.3, -0.25) is 0 Å². The molecule has 1 aromatic carbocycles. The number of rotatable bonds is 7. The molecule has 2 aromatic heterocycles. The number of furan rings is 1. The van der Waals surface area contributed by atoms with Crippen molar-refractivity contribution < 1.29 is 22.7 Å². The molecule has 0 aliphatic rings. The molecule has 0 fully saturated rings. The minimum Gasteiger partial charge on any atom is -0.496 e.